The molecule has 0 saturated heterocycles. The first-order chi connectivity index (χ1) is 7.84. The Balaban J connectivity index is 1.78. The molecule has 84 valence electrons. The van der Waals surface area contributed by atoms with Gasteiger partial charge in [0.25, 0.3) is 0 Å². The fourth-order valence-corrected chi connectivity index (χ4v) is 1.64. The number of rotatable bonds is 5. The summed E-state index contributed by atoms with van der Waals surface area (Å²) in [5, 5.41) is 7.66. The maximum atomic E-state index is 4.19. The summed E-state index contributed by atoms with van der Waals surface area (Å²) < 4.78 is 1.95. The normalized spacial score (nSPS) is 12.6. The van der Waals surface area contributed by atoms with Crippen LogP contribution in [0.3, 0.4) is 0 Å². The van der Waals surface area contributed by atoms with Crippen molar-refractivity contribution in [2.75, 3.05) is 0 Å². The van der Waals surface area contributed by atoms with Crippen molar-refractivity contribution in [1.29, 1.82) is 0 Å². The molecule has 0 bridgehead atoms. The van der Waals surface area contributed by atoms with Gasteiger partial charge in [-0.15, -0.1) is 0 Å². The van der Waals surface area contributed by atoms with Gasteiger partial charge in [0.15, 0.2) is 0 Å². The van der Waals surface area contributed by atoms with E-state index in [1.807, 2.05) is 29.2 Å². The lowest BCUT2D eigenvalue weighted by Gasteiger charge is -2.13. The van der Waals surface area contributed by atoms with Crippen molar-refractivity contribution in [2.45, 2.75) is 26.1 Å². The minimum absolute atomic E-state index is 0.417. The summed E-state index contributed by atoms with van der Waals surface area (Å²) in [6.45, 7) is 3.98. The largest absolute Gasteiger partial charge is 0.308 e. The van der Waals surface area contributed by atoms with E-state index < -0.39 is 0 Å². The van der Waals surface area contributed by atoms with E-state index in [1.54, 1.807) is 0 Å². The summed E-state index contributed by atoms with van der Waals surface area (Å²) >= 11 is 0. The molecule has 1 atom stereocenters. The molecule has 3 nitrogen and oxygen atoms in total. The van der Waals surface area contributed by atoms with Crippen LogP contribution in [0.4, 0.5) is 0 Å². The molecule has 1 heterocycles. The van der Waals surface area contributed by atoms with Gasteiger partial charge in [0, 0.05) is 25.0 Å². The molecule has 0 saturated carbocycles. The van der Waals surface area contributed by atoms with Crippen LogP contribution in [0.15, 0.2) is 48.8 Å². The number of aromatic nitrogens is 2. The molecular formula is C13H17N3. The topological polar surface area (TPSA) is 29.9 Å². The molecule has 0 fully saturated rings. The van der Waals surface area contributed by atoms with Crippen molar-refractivity contribution in [1.82, 2.24) is 15.1 Å². The molecule has 3 heteroatoms. The Hall–Kier alpha value is -1.61. The van der Waals surface area contributed by atoms with Gasteiger partial charge in [-0.3, -0.25) is 4.68 Å². The van der Waals surface area contributed by atoms with Gasteiger partial charge in [0.1, 0.15) is 0 Å². The molecule has 0 amide bonds. The van der Waals surface area contributed by atoms with E-state index in [2.05, 4.69) is 41.6 Å². The molecule has 0 radical (unpaired) electrons. The summed E-state index contributed by atoms with van der Waals surface area (Å²) in [5.74, 6) is 0. The second-order valence-corrected chi connectivity index (χ2v) is 4.00. The van der Waals surface area contributed by atoms with Gasteiger partial charge in [-0.25, -0.2) is 0 Å². The van der Waals surface area contributed by atoms with Crippen LogP contribution in [-0.4, -0.2) is 15.8 Å². The summed E-state index contributed by atoms with van der Waals surface area (Å²) in [5.41, 5.74) is 1.31. The zero-order chi connectivity index (χ0) is 11.2. The highest BCUT2D eigenvalue weighted by Crippen LogP contribution is 1.99. The Bertz CT molecular complexity index is 394. The van der Waals surface area contributed by atoms with E-state index in [0.29, 0.717) is 6.04 Å². The van der Waals surface area contributed by atoms with Crippen molar-refractivity contribution >= 4 is 0 Å². The molecule has 1 aromatic carbocycles. The van der Waals surface area contributed by atoms with Crippen LogP contribution in [0.1, 0.15) is 12.5 Å². The lowest BCUT2D eigenvalue weighted by molar-refractivity contribution is 0.451. The number of benzene rings is 1. The van der Waals surface area contributed by atoms with E-state index in [4.69, 9.17) is 0 Å². The van der Waals surface area contributed by atoms with E-state index in [1.165, 1.54) is 5.56 Å². The van der Waals surface area contributed by atoms with Crippen LogP contribution in [-0.2, 0) is 13.1 Å². The molecule has 1 N–H and O–H groups in total. The predicted molar refractivity (Wildman–Crippen MR) is 65.0 cm³/mol. The zero-order valence-corrected chi connectivity index (χ0v) is 9.50. The number of nitrogens with one attached hydrogen (secondary N) is 1. The van der Waals surface area contributed by atoms with E-state index >= 15 is 0 Å². The SMILES string of the molecule is CC(Cn1cccn1)NCc1ccccc1. The minimum Gasteiger partial charge on any atom is -0.308 e. The lowest BCUT2D eigenvalue weighted by Crippen LogP contribution is -2.30. The number of hydrogen-bond donors (Lipinski definition) is 1. The second-order valence-electron chi connectivity index (χ2n) is 4.00. The minimum atomic E-state index is 0.417. The lowest BCUT2D eigenvalue weighted by atomic mass is 10.2. The highest BCUT2D eigenvalue weighted by molar-refractivity contribution is 5.14. The fourth-order valence-electron chi connectivity index (χ4n) is 1.64. The van der Waals surface area contributed by atoms with Crippen LogP contribution in [0.2, 0.25) is 0 Å². The summed E-state index contributed by atoms with van der Waals surface area (Å²) in [6, 6.07) is 12.8. The smallest absolute Gasteiger partial charge is 0.0560 e. The molecule has 16 heavy (non-hydrogen) atoms. The van der Waals surface area contributed by atoms with E-state index in [-0.39, 0.29) is 0 Å². The molecule has 0 aliphatic carbocycles. The van der Waals surface area contributed by atoms with Gasteiger partial charge in [-0.05, 0) is 18.6 Å². The van der Waals surface area contributed by atoms with Crippen molar-refractivity contribution in [2.24, 2.45) is 0 Å². The van der Waals surface area contributed by atoms with Crippen LogP contribution < -0.4 is 5.32 Å². The van der Waals surface area contributed by atoms with Crippen LogP contribution >= 0.6 is 0 Å². The first kappa shape index (κ1) is 10.9. The molecular weight excluding hydrogens is 198 g/mol. The van der Waals surface area contributed by atoms with Gasteiger partial charge in [0.2, 0.25) is 0 Å². The molecule has 1 unspecified atom stereocenters. The van der Waals surface area contributed by atoms with Crippen molar-refractivity contribution < 1.29 is 0 Å². The Morgan fingerprint density at radius 3 is 2.75 bits per heavy atom. The Labute approximate surface area is 96.1 Å². The van der Waals surface area contributed by atoms with E-state index in [9.17, 15) is 0 Å². The maximum Gasteiger partial charge on any atom is 0.0560 e. The van der Waals surface area contributed by atoms with Crippen molar-refractivity contribution in [3.8, 4) is 0 Å². The highest BCUT2D eigenvalue weighted by Gasteiger charge is 2.02. The van der Waals surface area contributed by atoms with Crippen LogP contribution in [0.5, 0.6) is 0 Å². The van der Waals surface area contributed by atoms with Crippen molar-refractivity contribution in [3.05, 3.63) is 54.4 Å². The predicted octanol–water partition coefficient (Wildman–Crippen LogP) is 2.06. The molecule has 0 spiro atoms. The van der Waals surface area contributed by atoms with E-state index in [0.717, 1.165) is 13.1 Å². The fraction of sp³-hybridized carbons (Fsp3) is 0.308. The van der Waals surface area contributed by atoms with Gasteiger partial charge in [-0.2, -0.15) is 5.10 Å². The maximum absolute atomic E-state index is 4.19. The molecule has 2 rings (SSSR count). The zero-order valence-electron chi connectivity index (χ0n) is 9.50. The molecule has 0 aliphatic heterocycles. The summed E-state index contributed by atoms with van der Waals surface area (Å²) in [4.78, 5) is 0. The quantitative estimate of drug-likeness (QED) is 0.827. The third kappa shape index (κ3) is 3.21. The molecule has 1 aromatic heterocycles. The molecule has 2 aromatic rings. The van der Waals surface area contributed by atoms with Gasteiger partial charge in [-0.1, -0.05) is 30.3 Å². The average molecular weight is 215 g/mol. The second kappa shape index (κ2) is 5.47. The van der Waals surface area contributed by atoms with Gasteiger partial charge >= 0.3 is 0 Å². The van der Waals surface area contributed by atoms with Gasteiger partial charge in [0.05, 0.1) is 6.54 Å². The Morgan fingerprint density at radius 2 is 2.06 bits per heavy atom. The number of nitrogens with zero attached hydrogens (tertiary/aromatic N) is 2. The van der Waals surface area contributed by atoms with Crippen molar-refractivity contribution in [3.63, 3.8) is 0 Å². The standard InChI is InChI=1S/C13H17N3/c1-12(11-16-9-5-8-15-16)14-10-13-6-3-2-4-7-13/h2-9,12,14H,10-11H2,1H3. The van der Waals surface area contributed by atoms with Crippen LogP contribution in [0, 0.1) is 0 Å². The van der Waals surface area contributed by atoms with Crippen LogP contribution in [0.25, 0.3) is 0 Å². The third-order valence-corrected chi connectivity index (χ3v) is 2.52. The average Bonchev–Trinajstić information content (AvgIpc) is 2.81. The summed E-state index contributed by atoms with van der Waals surface area (Å²) in [7, 11) is 0. The Morgan fingerprint density at radius 1 is 1.25 bits per heavy atom. The Kier molecular flexibility index (Phi) is 3.72. The summed E-state index contributed by atoms with van der Waals surface area (Å²) in [6.07, 6.45) is 3.80. The first-order valence-corrected chi connectivity index (χ1v) is 5.59. The first-order valence-electron chi connectivity index (χ1n) is 5.59. The monoisotopic (exact) mass is 215 g/mol. The third-order valence-electron chi connectivity index (χ3n) is 2.52. The molecule has 0 aliphatic rings. The highest BCUT2D eigenvalue weighted by atomic mass is 15.3. The number of hydrogen-bond acceptors (Lipinski definition) is 2. The van der Waals surface area contributed by atoms with Gasteiger partial charge < -0.3 is 5.32 Å².